The Balaban J connectivity index is 2.22. The Kier molecular flexibility index (Phi) is 5.07. The van der Waals surface area contributed by atoms with Crippen LogP contribution < -0.4 is 4.90 Å². The van der Waals surface area contributed by atoms with Gasteiger partial charge in [-0.15, -0.1) is 0 Å². The molecular formula is C22H21ClN2O7. The van der Waals surface area contributed by atoms with Crippen molar-refractivity contribution in [3.05, 3.63) is 52.2 Å². The maximum atomic E-state index is 12.0. The van der Waals surface area contributed by atoms with Crippen molar-refractivity contribution in [2.75, 3.05) is 4.90 Å². The molecule has 0 saturated heterocycles. The third-order valence-corrected chi connectivity index (χ3v) is 6.22. The number of aliphatic hydroxyl groups is 4. The third kappa shape index (κ3) is 3.09. The van der Waals surface area contributed by atoms with Gasteiger partial charge in [0.25, 0.3) is 5.79 Å². The van der Waals surface area contributed by atoms with Crippen LogP contribution in [0, 0.1) is 13.8 Å². The lowest BCUT2D eigenvalue weighted by Crippen LogP contribution is -2.65. The first kappa shape index (κ1) is 22.3. The second-order valence-electron chi connectivity index (χ2n) is 7.97. The van der Waals surface area contributed by atoms with E-state index in [1.807, 2.05) is 0 Å². The molecule has 0 spiro atoms. The van der Waals surface area contributed by atoms with E-state index >= 15 is 0 Å². The lowest BCUT2D eigenvalue weighted by molar-refractivity contribution is -0.356. The lowest BCUT2D eigenvalue weighted by Gasteiger charge is -2.39. The SMILES string of the molecule is Cc1c(CC(=O)O)c(-c2ccc(Cl)cc2)c2cc(C)n3c2c1N(C=O)C(O)(O)C(O)(O)C3. The third-order valence-electron chi connectivity index (χ3n) is 5.97. The molecule has 0 aliphatic carbocycles. The van der Waals surface area contributed by atoms with Gasteiger partial charge in [0.2, 0.25) is 6.41 Å². The highest BCUT2D eigenvalue weighted by Gasteiger charge is 2.56. The Morgan fingerprint density at radius 1 is 1.16 bits per heavy atom. The van der Waals surface area contributed by atoms with E-state index in [9.17, 15) is 35.1 Å². The molecule has 168 valence electrons. The average Bonchev–Trinajstić information content (AvgIpc) is 2.97. The number of benzene rings is 2. The molecule has 0 radical (unpaired) electrons. The minimum absolute atomic E-state index is 0.0213. The lowest BCUT2D eigenvalue weighted by atomic mass is 9.89. The second kappa shape index (κ2) is 7.29. The molecule has 9 nitrogen and oxygen atoms in total. The van der Waals surface area contributed by atoms with Crippen LogP contribution in [0.4, 0.5) is 5.69 Å². The predicted molar refractivity (Wildman–Crippen MR) is 116 cm³/mol. The van der Waals surface area contributed by atoms with E-state index in [0.29, 0.717) is 43.2 Å². The van der Waals surface area contributed by atoms with Gasteiger partial charge in [0.15, 0.2) is 0 Å². The molecule has 2 heterocycles. The van der Waals surface area contributed by atoms with Gasteiger partial charge in [-0.3, -0.25) is 14.5 Å². The Hall–Kier alpha value is -2.95. The quantitative estimate of drug-likeness (QED) is 0.293. The first-order valence-electron chi connectivity index (χ1n) is 9.68. The van der Waals surface area contributed by atoms with Crippen LogP contribution in [0.1, 0.15) is 16.8 Å². The number of rotatable bonds is 4. The Bertz CT molecular complexity index is 1260. The van der Waals surface area contributed by atoms with Crippen LogP contribution >= 0.6 is 11.6 Å². The van der Waals surface area contributed by atoms with Crippen LogP contribution in [-0.4, -0.2) is 54.2 Å². The van der Waals surface area contributed by atoms with Crippen LogP contribution in [0.5, 0.6) is 0 Å². The Labute approximate surface area is 187 Å². The summed E-state index contributed by atoms with van der Waals surface area (Å²) in [5, 5.41) is 52.8. The van der Waals surface area contributed by atoms with Crippen molar-refractivity contribution in [3.63, 3.8) is 0 Å². The fraction of sp³-hybridized carbons (Fsp3) is 0.273. The summed E-state index contributed by atoms with van der Waals surface area (Å²) >= 11 is 6.03. The maximum Gasteiger partial charge on any atom is 0.311 e. The molecule has 0 saturated carbocycles. The normalized spacial score (nSPS) is 16.8. The molecular weight excluding hydrogens is 440 g/mol. The molecule has 0 unspecified atom stereocenters. The molecule has 1 aliphatic rings. The van der Waals surface area contributed by atoms with Gasteiger partial charge in [-0.25, -0.2) is 0 Å². The molecule has 2 aromatic carbocycles. The fourth-order valence-electron chi connectivity index (χ4n) is 4.41. The molecule has 5 N–H and O–H groups in total. The predicted octanol–water partition coefficient (Wildman–Crippen LogP) is 1.50. The number of anilines is 1. The summed E-state index contributed by atoms with van der Waals surface area (Å²) in [4.78, 5) is 24.2. The van der Waals surface area contributed by atoms with Gasteiger partial charge in [-0.05, 0) is 54.3 Å². The summed E-state index contributed by atoms with van der Waals surface area (Å²) in [6, 6.07) is 8.52. The molecule has 4 rings (SSSR count). The van der Waals surface area contributed by atoms with E-state index in [0.717, 1.165) is 0 Å². The van der Waals surface area contributed by atoms with Crippen molar-refractivity contribution in [2.45, 2.75) is 38.5 Å². The molecule has 1 aromatic heterocycles. The van der Waals surface area contributed by atoms with Gasteiger partial charge in [0, 0.05) is 16.1 Å². The first-order chi connectivity index (χ1) is 14.9. The van der Waals surface area contributed by atoms with Gasteiger partial charge in [0.05, 0.1) is 24.2 Å². The number of carbonyl (C=O) groups excluding carboxylic acids is 1. The van der Waals surface area contributed by atoms with Gasteiger partial charge in [-0.2, -0.15) is 0 Å². The van der Waals surface area contributed by atoms with E-state index in [1.54, 1.807) is 44.2 Å². The van der Waals surface area contributed by atoms with Crippen LogP contribution in [0.3, 0.4) is 0 Å². The first-order valence-corrected chi connectivity index (χ1v) is 10.1. The van der Waals surface area contributed by atoms with E-state index in [1.165, 1.54) is 4.57 Å². The van der Waals surface area contributed by atoms with Crippen LogP contribution in [0.25, 0.3) is 22.0 Å². The minimum atomic E-state index is -3.37. The second-order valence-corrected chi connectivity index (χ2v) is 8.40. The topological polar surface area (TPSA) is 143 Å². The number of amides is 1. The Morgan fingerprint density at radius 2 is 1.78 bits per heavy atom. The number of halogens is 1. The highest BCUT2D eigenvalue weighted by atomic mass is 35.5. The monoisotopic (exact) mass is 460 g/mol. The van der Waals surface area contributed by atoms with Crippen LogP contribution in [0.2, 0.25) is 5.02 Å². The highest BCUT2D eigenvalue weighted by Crippen LogP contribution is 2.47. The van der Waals surface area contributed by atoms with E-state index in [-0.39, 0.29) is 17.7 Å². The zero-order chi connectivity index (χ0) is 23.6. The number of carboxylic acid groups (broad SMARTS) is 1. The van der Waals surface area contributed by atoms with Crippen LogP contribution in [-0.2, 0) is 22.6 Å². The van der Waals surface area contributed by atoms with E-state index in [4.69, 9.17) is 11.6 Å². The van der Waals surface area contributed by atoms with Gasteiger partial charge < -0.3 is 30.1 Å². The molecule has 3 aromatic rings. The fourth-order valence-corrected chi connectivity index (χ4v) is 4.54. The summed E-state index contributed by atoms with van der Waals surface area (Å²) in [7, 11) is 0. The van der Waals surface area contributed by atoms with Crippen molar-refractivity contribution in [2.24, 2.45) is 0 Å². The number of aliphatic carboxylic acids is 1. The van der Waals surface area contributed by atoms with Crippen molar-refractivity contribution in [1.29, 1.82) is 0 Å². The maximum absolute atomic E-state index is 12.0. The average molecular weight is 461 g/mol. The summed E-state index contributed by atoms with van der Waals surface area (Å²) in [6.07, 6.45) is -0.343. The van der Waals surface area contributed by atoms with Crippen LogP contribution in [0.15, 0.2) is 30.3 Å². The molecule has 1 amide bonds. The number of carboxylic acids is 1. The van der Waals surface area contributed by atoms with E-state index in [2.05, 4.69) is 0 Å². The summed E-state index contributed by atoms with van der Waals surface area (Å²) < 4.78 is 1.46. The zero-order valence-corrected chi connectivity index (χ0v) is 18.0. The standard InChI is InChI=1S/C22H21ClN2O7/c1-11-7-16-18(13-3-5-14(23)6-4-13)15(8-17(27)28)12(2)19-20(16)24(11)9-21(29,30)22(31,32)25(19)10-26/h3-7,10,29-32H,8-9H2,1-2H3,(H,27,28). The van der Waals surface area contributed by atoms with Gasteiger partial charge in [-0.1, -0.05) is 23.7 Å². The van der Waals surface area contributed by atoms with Crippen molar-refractivity contribution < 1.29 is 35.1 Å². The molecule has 0 bridgehead atoms. The summed E-state index contributed by atoms with van der Waals surface area (Å²) in [5.74, 6) is -7.63. The van der Waals surface area contributed by atoms with Gasteiger partial charge in [0.1, 0.15) is 0 Å². The number of aromatic nitrogens is 1. The molecule has 10 heteroatoms. The highest BCUT2D eigenvalue weighted by molar-refractivity contribution is 6.30. The largest absolute Gasteiger partial charge is 0.481 e. The van der Waals surface area contributed by atoms with E-state index < -0.39 is 30.6 Å². The van der Waals surface area contributed by atoms with Gasteiger partial charge >= 0.3 is 11.9 Å². The van der Waals surface area contributed by atoms with Crippen molar-refractivity contribution in [3.8, 4) is 11.1 Å². The number of nitrogens with zero attached hydrogens (tertiary/aromatic N) is 2. The number of carbonyl (C=O) groups is 2. The summed E-state index contributed by atoms with van der Waals surface area (Å²) in [5.41, 5.74) is 2.71. The summed E-state index contributed by atoms with van der Waals surface area (Å²) in [6.45, 7) is 2.59. The number of hydrogen-bond donors (Lipinski definition) is 5. The number of hydrogen-bond acceptors (Lipinski definition) is 6. The Morgan fingerprint density at radius 3 is 2.34 bits per heavy atom. The minimum Gasteiger partial charge on any atom is -0.481 e. The zero-order valence-electron chi connectivity index (χ0n) is 17.2. The van der Waals surface area contributed by atoms with Crippen molar-refractivity contribution >= 4 is 40.6 Å². The van der Waals surface area contributed by atoms with Crippen molar-refractivity contribution in [1.82, 2.24) is 4.57 Å². The number of aryl methyl sites for hydroxylation is 1. The smallest absolute Gasteiger partial charge is 0.311 e. The molecule has 0 atom stereocenters. The molecule has 1 aliphatic heterocycles. The molecule has 0 fully saturated rings. The molecule has 32 heavy (non-hydrogen) atoms.